The van der Waals surface area contributed by atoms with Crippen LogP contribution in [0.1, 0.15) is 38.8 Å². The van der Waals surface area contributed by atoms with Crippen molar-refractivity contribution in [2.75, 3.05) is 18.0 Å². The topological polar surface area (TPSA) is 24.5 Å². The standard InChI is InChI=1S/C17H28N2O/c1-12(2)18-9-16-8-13(3)6-7-17(16)19-10-14(4)20-15(5)11-19/h6-8,12,14-15,18H,9-11H2,1-5H3. The minimum Gasteiger partial charge on any atom is -0.372 e. The molecule has 3 heteroatoms. The summed E-state index contributed by atoms with van der Waals surface area (Å²) in [5.41, 5.74) is 4.06. The molecule has 3 nitrogen and oxygen atoms in total. The van der Waals surface area contributed by atoms with Gasteiger partial charge in [-0.3, -0.25) is 0 Å². The van der Waals surface area contributed by atoms with E-state index < -0.39 is 0 Å². The molecule has 2 unspecified atom stereocenters. The van der Waals surface area contributed by atoms with Crippen LogP contribution in [0.3, 0.4) is 0 Å². The third kappa shape index (κ3) is 3.97. The Morgan fingerprint density at radius 1 is 1.25 bits per heavy atom. The van der Waals surface area contributed by atoms with E-state index in [-0.39, 0.29) is 0 Å². The van der Waals surface area contributed by atoms with Gasteiger partial charge >= 0.3 is 0 Å². The van der Waals surface area contributed by atoms with Gasteiger partial charge in [-0.15, -0.1) is 0 Å². The van der Waals surface area contributed by atoms with Gasteiger partial charge in [-0.1, -0.05) is 31.5 Å². The maximum Gasteiger partial charge on any atom is 0.0726 e. The van der Waals surface area contributed by atoms with E-state index >= 15 is 0 Å². The highest BCUT2D eigenvalue weighted by atomic mass is 16.5. The highest BCUT2D eigenvalue weighted by molar-refractivity contribution is 5.55. The number of aryl methyl sites for hydroxylation is 1. The lowest BCUT2D eigenvalue weighted by atomic mass is 10.1. The van der Waals surface area contributed by atoms with Crippen molar-refractivity contribution in [3.05, 3.63) is 29.3 Å². The molecule has 2 atom stereocenters. The fourth-order valence-electron chi connectivity index (χ4n) is 2.85. The molecule has 0 saturated carbocycles. The first-order valence-electron chi connectivity index (χ1n) is 7.69. The molecule has 0 amide bonds. The molecule has 0 bridgehead atoms. The Balaban J connectivity index is 2.21. The van der Waals surface area contributed by atoms with Crippen LogP contribution in [0.2, 0.25) is 0 Å². The zero-order valence-electron chi connectivity index (χ0n) is 13.4. The molecule has 1 saturated heterocycles. The van der Waals surface area contributed by atoms with Crippen LogP contribution in [0.5, 0.6) is 0 Å². The molecule has 1 fully saturated rings. The quantitative estimate of drug-likeness (QED) is 0.914. The van der Waals surface area contributed by atoms with Gasteiger partial charge in [0.25, 0.3) is 0 Å². The SMILES string of the molecule is Cc1ccc(N2CC(C)OC(C)C2)c(CNC(C)C)c1. The first kappa shape index (κ1) is 15.3. The second-order valence-corrected chi connectivity index (χ2v) is 6.33. The Morgan fingerprint density at radius 2 is 1.90 bits per heavy atom. The Hall–Kier alpha value is -1.06. The maximum absolute atomic E-state index is 5.84. The summed E-state index contributed by atoms with van der Waals surface area (Å²) < 4.78 is 5.84. The number of hydrogen-bond donors (Lipinski definition) is 1. The second-order valence-electron chi connectivity index (χ2n) is 6.33. The number of ether oxygens (including phenoxy) is 1. The Labute approximate surface area is 123 Å². The average molecular weight is 276 g/mol. The maximum atomic E-state index is 5.84. The van der Waals surface area contributed by atoms with Crippen molar-refractivity contribution in [3.8, 4) is 0 Å². The summed E-state index contributed by atoms with van der Waals surface area (Å²) in [5.74, 6) is 0. The van der Waals surface area contributed by atoms with Crippen molar-refractivity contribution in [3.63, 3.8) is 0 Å². The van der Waals surface area contributed by atoms with E-state index in [2.05, 4.69) is 63.0 Å². The third-order valence-electron chi connectivity index (χ3n) is 3.70. The van der Waals surface area contributed by atoms with Gasteiger partial charge < -0.3 is 15.0 Å². The molecular formula is C17H28N2O. The predicted octanol–water partition coefficient (Wildman–Crippen LogP) is 3.11. The van der Waals surface area contributed by atoms with Gasteiger partial charge in [0.2, 0.25) is 0 Å². The number of anilines is 1. The Morgan fingerprint density at radius 3 is 2.50 bits per heavy atom. The number of nitrogens with one attached hydrogen (secondary N) is 1. The van der Waals surface area contributed by atoms with Gasteiger partial charge in [-0.2, -0.15) is 0 Å². The largest absolute Gasteiger partial charge is 0.372 e. The Bertz CT molecular complexity index is 435. The zero-order chi connectivity index (χ0) is 14.7. The van der Waals surface area contributed by atoms with Crippen molar-refractivity contribution >= 4 is 5.69 Å². The molecule has 2 rings (SSSR count). The highest BCUT2D eigenvalue weighted by Crippen LogP contribution is 2.25. The number of morpholine rings is 1. The van der Waals surface area contributed by atoms with Crippen LogP contribution in [-0.2, 0) is 11.3 Å². The number of rotatable bonds is 4. The summed E-state index contributed by atoms with van der Waals surface area (Å²) in [4.78, 5) is 2.47. The van der Waals surface area contributed by atoms with Gasteiger partial charge in [0, 0.05) is 31.4 Å². The summed E-state index contributed by atoms with van der Waals surface area (Å²) in [6.45, 7) is 13.7. The number of benzene rings is 1. The summed E-state index contributed by atoms with van der Waals surface area (Å²) in [5, 5.41) is 3.53. The van der Waals surface area contributed by atoms with Crippen LogP contribution in [0.15, 0.2) is 18.2 Å². The van der Waals surface area contributed by atoms with E-state index in [0.717, 1.165) is 19.6 Å². The van der Waals surface area contributed by atoms with Gasteiger partial charge in [0.1, 0.15) is 0 Å². The minimum absolute atomic E-state index is 0.297. The molecule has 1 heterocycles. The van der Waals surface area contributed by atoms with Crippen LogP contribution >= 0.6 is 0 Å². The van der Waals surface area contributed by atoms with Gasteiger partial charge in [0.05, 0.1) is 12.2 Å². The van der Waals surface area contributed by atoms with Crippen molar-refractivity contribution in [1.29, 1.82) is 0 Å². The first-order valence-corrected chi connectivity index (χ1v) is 7.69. The van der Waals surface area contributed by atoms with E-state index in [1.54, 1.807) is 0 Å². The lowest BCUT2D eigenvalue weighted by molar-refractivity contribution is -0.00526. The number of nitrogens with zero attached hydrogens (tertiary/aromatic N) is 1. The summed E-state index contributed by atoms with van der Waals surface area (Å²) >= 11 is 0. The molecule has 1 aromatic carbocycles. The molecule has 1 aliphatic heterocycles. The van der Waals surface area contributed by atoms with Crippen LogP contribution in [0, 0.1) is 6.92 Å². The molecule has 20 heavy (non-hydrogen) atoms. The lowest BCUT2D eigenvalue weighted by Gasteiger charge is -2.38. The number of hydrogen-bond acceptors (Lipinski definition) is 3. The molecular weight excluding hydrogens is 248 g/mol. The molecule has 0 spiro atoms. The van der Waals surface area contributed by atoms with Crippen molar-refractivity contribution < 1.29 is 4.74 Å². The predicted molar refractivity (Wildman–Crippen MR) is 85.4 cm³/mol. The molecule has 0 aromatic heterocycles. The first-order chi connectivity index (χ1) is 9.45. The average Bonchev–Trinajstić information content (AvgIpc) is 2.35. The van der Waals surface area contributed by atoms with Gasteiger partial charge in [-0.25, -0.2) is 0 Å². The summed E-state index contributed by atoms with van der Waals surface area (Å²) in [6, 6.07) is 7.28. The second kappa shape index (κ2) is 6.59. The lowest BCUT2D eigenvalue weighted by Crippen LogP contribution is -2.46. The van der Waals surface area contributed by atoms with Crippen LogP contribution in [0.25, 0.3) is 0 Å². The van der Waals surface area contributed by atoms with Crippen molar-refractivity contribution in [2.24, 2.45) is 0 Å². The van der Waals surface area contributed by atoms with E-state index in [9.17, 15) is 0 Å². The molecule has 0 radical (unpaired) electrons. The third-order valence-corrected chi connectivity index (χ3v) is 3.70. The van der Waals surface area contributed by atoms with E-state index in [1.165, 1.54) is 16.8 Å². The smallest absolute Gasteiger partial charge is 0.0726 e. The minimum atomic E-state index is 0.297. The van der Waals surface area contributed by atoms with E-state index in [0.29, 0.717) is 18.2 Å². The highest BCUT2D eigenvalue weighted by Gasteiger charge is 2.23. The molecule has 0 aliphatic carbocycles. The monoisotopic (exact) mass is 276 g/mol. The van der Waals surface area contributed by atoms with Crippen molar-refractivity contribution in [2.45, 2.75) is 59.4 Å². The van der Waals surface area contributed by atoms with Gasteiger partial charge in [0.15, 0.2) is 0 Å². The fraction of sp³-hybridized carbons (Fsp3) is 0.647. The molecule has 112 valence electrons. The van der Waals surface area contributed by atoms with E-state index in [4.69, 9.17) is 4.74 Å². The van der Waals surface area contributed by atoms with Gasteiger partial charge in [-0.05, 0) is 32.4 Å². The molecule has 1 aliphatic rings. The Kier molecular flexibility index (Phi) is 5.06. The fourth-order valence-corrected chi connectivity index (χ4v) is 2.85. The van der Waals surface area contributed by atoms with Crippen molar-refractivity contribution in [1.82, 2.24) is 5.32 Å². The summed E-state index contributed by atoms with van der Waals surface area (Å²) in [7, 11) is 0. The molecule has 1 N–H and O–H groups in total. The van der Waals surface area contributed by atoms with E-state index in [1.807, 2.05) is 0 Å². The van der Waals surface area contributed by atoms with Crippen LogP contribution in [-0.4, -0.2) is 31.3 Å². The summed E-state index contributed by atoms with van der Waals surface area (Å²) in [6.07, 6.45) is 0.594. The van der Waals surface area contributed by atoms with Crippen LogP contribution < -0.4 is 10.2 Å². The molecule has 1 aromatic rings. The van der Waals surface area contributed by atoms with Crippen LogP contribution in [0.4, 0.5) is 5.69 Å². The normalized spacial score (nSPS) is 23.4. The zero-order valence-corrected chi connectivity index (χ0v) is 13.4.